The van der Waals surface area contributed by atoms with Crippen molar-refractivity contribution in [3.63, 3.8) is 0 Å². The van der Waals surface area contributed by atoms with Crippen LogP contribution in [0.15, 0.2) is 42.5 Å². The zero-order valence-electron chi connectivity index (χ0n) is 11.8. The largest absolute Gasteiger partial charge is 0.387 e. The number of hydrogen-bond acceptors (Lipinski definition) is 2. The van der Waals surface area contributed by atoms with Gasteiger partial charge in [0.2, 0.25) is 0 Å². The van der Waals surface area contributed by atoms with Crippen LogP contribution in [-0.2, 0) is 12.8 Å². The van der Waals surface area contributed by atoms with Gasteiger partial charge in [0.1, 0.15) is 5.82 Å². The minimum Gasteiger partial charge on any atom is -0.387 e. The number of aliphatic hydroxyl groups is 1. The molecule has 2 aromatic carbocycles. The van der Waals surface area contributed by atoms with E-state index in [1.54, 1.807) is 13.0 Å². The first kappa shape index (κ1) is 13.8. The first-order valence-corrected chi connectivity index (χ1v) is 6.98. The Morgan fingerprint density at radius 2 is 1.81 bits per heavy atom. The van der Waals surface area contributed by atoms with Gasteiger partial charge in [0, 0.05) is 0 Å². The number of nitrogens with zero attached hydrogens (tertiary/aromatic N) is 1. The molecular formula is C18H16FNO. The van der Waals surface area contributed by atoms with Crippen molar-refractivity contribution in [2.45, 2.75) is 25.9 Å². The molecule has 0 aromatic heterocycles. The quantitative estimate of drug-likeness (QED) is 0.916. The van der Waals surface area contributed by atoms with E-state index >= 15 is 0 Å². The lowest BCUT2D eigenvalue weighted by Gasteiger charge is -2.28. The molecule has 0 saturated carbocycles. The van der Waals surface area contributed by atoms with Crippen molar-refractivity contribution in [1.82, 2.24) is 0 Å². The average molecular weight is 281 g/mol. The van der Waals surface area contributed by atoms with Crippen molar-refractivity contribution in [1.29, 1.82) is 5.26 Å². The summed E-state index contributed by atoms with van der Waals surface area (Å²) in [7, 11) is 0. The topological polar surface area (TPSA) is 44.0 Å². The first-order valence-electron chi connectivity index (χ1n) is 6.98. The van der Waals surface area contributed by atoms with E-state index in [2.05, 4.69) is 6.07 Å². The summed E-state index contributed by atoms with van der Waals surface area (Å²) in [6.07, 6.45) is 0.130. The van der Waals surface area contributed by atoms with Gasteiger partial charge >= 0.3 is 0 Å². The summed E-state index contributed by atoms with van der Waals surface area (Å²) in [4.78, 5) is 0. The molecule has 1 unspecified atom stereocenters. The number of fused-ring (bicyclic) bond motifs is 1. The van der Waals surface area contributed by atoms with Crippen molar-refractivity contribution in [2.24, 2.45) is 5.41 Å². The molecule has 0 saturated heterocycles. The number of halogens is 1. The molecule has 2 aromatic rings. The second-order valence-electron chi connectivity index (χ2n) is 5.79. The molecule has 2 nitrogen and oxygen atoms in total. The highest BCUT2D eigenvalue weighted by Gasteiger charge is 2.44. The van der Waals surface area contributed by atoms with E-state index in [0.29, 0.717) is 24.0 Å². The standard InChI is InChI=1S/C18H16FNO/c1-12-8-15(19)6-7-16(12)17(21)18(11-20)9-13-4-2-3-5-14(13)10-18/h2-8,17,21H,9-10H2,1H3. The maximum absolute atomic E-state index is 13.2. The second-order valence-corrected chi connectivity index (χ2v) is 5.79. The van der Waals surface area contributed by atoms with Crippen LogP contribution in [0.5, 0.6) is 0 Å². The maximum Gasteiger partial charge on any atom is 0.123 e. The van der Waals surface area contributed by atoms with Crippen LogP contribution in [0.2, 0.25) is 0 Å². The van der Waals surface area contributed by atoms with E-state index in [1.165, 1.54) is 12.1 Å². The van der Waals surface area contributed by atoms with Crippen LogP contribution >= 0.6 is 0 Å². The molecule has 1 N–H and O–H groups in total. The number of hydrogen-bond donors (Lipinski definition) is 1. The molecule has 0 radical (unpaired) electrons. The zero-order chi connectivity index (χ0) is 15.0. The fraction of sp³-hybridized carbons (Fsp3) is 0.278. The molecule has 1 aliphatic rings. The summed E-state index contributed by atoms with van der Waals surface area (Å²) in [5.74, 6) is -0.329. The maximum atomic E-state index is 13.2. The van der Waals surface area contributed by atoms with Gasteiger partial charge in [-0.3, -0.25) is 0 Å². The third kappa shape index (κ3) is 2.22. The van der Waals surface area contributed by atoms with Crippen LogP contribution in [0, 0.1) is 29.5 Å². The molecule has 106 valence electrons. The normalized spacial score (nSPS) is 17.0. The first-order chi connectivity index (χ1) is 10.1. The van der Waals surface area contributed by atoms with Gasteiger partial charge in [-0.25, -0.2) is 4.39 Å². The zero-order valence-corrected chi connectivity index (χ0v) is 11.8. The van der Waals surface area contributed by atoms with Crippen molar-refractivity contribution >= 4 is 0 Å². The lowest BCUT2D eigenvalue weighted by molar-refractivity contribution is 0.0687. The Labute approximate surface area is 123 Å². The van der Waals surface area contributed by atoms with E-state index < -0.39 is 11.5 Å². The van der Waals surface area contributed by atoms with Crippen LogP contribution in [0.25, 0.3) is 0 Å². The summed E-state index contributed by atoms with van der Waals surface area (Å²) >= 11 is 0. The van der Waals surface area contributed by atoms with Gasteiger partial charge in [-0.05, 0) is 54.2 Å². The molecule has 0 bridgehead atoms. The number of aryl methyl sites for hydroxylation is 1. The second kappa shape index (κ2) is 4.98. The summed E-state index contributed by atoms with van der Waals surface area (Å²) in [5.41, 5.74) is 2.65. The minimum absolute atomic E-state index is 0.329. The van der Waals surface area contributed by atoms with E-state index in [1.807, 2.05) is 24.3 Å². The predicted octanol–water partition coefficient (Wildman–Crippen LogP) is 3.48. The SMILES string of the molecule is Cc1cc(F)ccc1C(O)C1(C#N)Cc2ccccc2C1. The Balaban J connectivity index is 2.00. The van der Waals surface area contributed by atoms with Crippen LogP contribution in [-0.4, -0.2) is 5.11 Å². The van der Waals surface area contributed by atoms with Gasteiger partial charge in [0.05, 0.1) is 17.6 Å². The fourth-order valence-corrected chi connectivity index (χ4v) is 3.22. The lowest BCUT2D eigenvalue weighted by Crippen LogP contribution is -2.28. The minimum atomic E-state index is -0.921. The van der Waals surface area contributed by atoms with Crippen LogP contribution in [0.1, 0.15) is 28.4 Å². The predicted molar refractivity (Wildman–Crippen MR) is 78.0 cm³/mol. The van der Waals surface area contributed by atoms with E-state index in [4.69, 9.17) is 0 Å². The van der Waals surface area contributed by atoms with Gasteiger partial charge in [0.25, 0.3) is 0 Å². The monoisotopic (exact) mass is 281 g/mol. The molecule has 0 amide bonds. The number of aliphatic hydroxyl groups excluding tert-OH is 1. The lowest BCUT2D eigenvalue weighted by atomic mass is 9.76. The fourth-order valence-electron chi connectivity index (χ4n) is 3.22. The van der Waals surface area contributed by atoms with Crippen molar-refractivity contribution in [2.75, 3.05) is 0 Å². The highest BCUT2D eigenvalue weighted by Crippen LogP contribution is 2.46. The Bertz CT molecular complexity index is 707. The Hall–Kier alpha value is -2.18. The summed E-state index contributed by atoms with van der Waals surface area (Å²) < 4.78 is 13.2. The van der Waals surface area contributed by atoms with Crippen molar-refractivity contribution < 1.29 is 9.50 Å². The van der Waals surface area contributed by atoms with Crippen molar-refractivity contribution in [3.8, 4) is 6.07 Å². The molecule has 0 aliphatic heterocycles. The number of benzene rings is 2. The molecule has 0 heterocycles. The Morgan fingerprint density at radius 1 is 1.19 bits per heavy atom. The molecule has 3 heteroatoms. The van der Waals surface area contributed by atoms with Crippen LogP contribution < -0.4 is 0 Å². The van der Waals surface area contributed by atoms with Gasteiger partial charge in [-0.1, -0.05) is 30.3 Å². The third-order valence-corrected chi connectivity index (χ3v) is 4.40. The summed E-state index contributed by atoms with van der Waals surface area (Å²) in [6.45, 7) is 1.76. The summed E-state index contributed by atoms with van der Waals surface area (Å²) in [6, 6.07) is 14.5. The molecule has 1 aliphatic carbocycles. The van der Waals surface area contributed by atoms with E-state index in [-0.39, 0.29) is 5.82 Å². The summed E-state index contributed by atoms with van der Waals surface area (Å²) in [5, 5.41) is 20.5. The number of rotatable bonds is 2. The Morgan fingerprint density at radius 3 is 2.33 bits per heavy atom. The van der Waals surface area contributed by atoms with Crippen LogP contribution in [0.3, 0.4) is 0 Å². The van der Waals surface area contributed by atoms with Gasteiger partial charge in [-0.2, -0.15) is 5.26 Å². The molecular weight excluding hydrogens is 265 g/mol. The highest BCUT2D eigenvalue weighted by atomic mass is 19.1. The van der Waals surface area contributed by atoms with Gasteiger partial charge in [-0.15, -0.1) is 0 Å². The highest BCUT2D eigenvalue weighted by molar-refractivity contribution is 5.41. The average Bonchev–Trinajstić information content (AvgIpc) is 2.86. The molecule has 0 spiro atoms. The van der Waals surface area contributed by atoms with Gasteiger partial charge < -0.3 is 5.11 Å². The van der Waals surface area contributed by atoms with Crippen LogP contribution in [0.4, 0.5) is 4.39 Å². The molecule has 3 rings (SSSR count). The molecule has 1 atom stereocenters. The molecule has 0 fully saturated rings. The van der Waals surface area contributed by atoms with Gasteiger partial charge in [0.15, 0.2) is 0 Å². The van der Waals surface area contributed by atoms with E-state index in [9.17, 15) is 14.8 Å². The molecule has 21 heavy (non-hydrogen) atoms. The Kier molecular flexibility index (Phi) is 3.27. The smallest absolute Gasteiger partial charge is 0.123 e. The number of nitriles is 1. The van der Waals surface area contributed by atoms with Crippen molar-refractivity contribution in [3.05, 3.63) is 70.5 Å². The van der Waals surface area contributed by atoms with E-state index in [0.717, 1.165) is 11.1 Å². The third-order valence-electron chi connectivity index (χ3n) is 4.40.